The summed E-state index contributed by atoms with van der Waals surface area (Å²) in [6, 6.07) is 8.63. The highest BCUT2D eigenvalue weighted by atomic mass is 127. The van der Waals surface area contributed by atoms with Crippen molar-refractivity contribution in [2.24, 2.45) is 0 Å². The van der Waals surface area contributed by atoms with Crippen LogP contribution in [0.25, 0.3) is 0 Å². The SMILES string of the molecule is CCCNC(Cc1ccncc1Cl)c1cc(Br)ccc1I. The Hall–Kier alpha value is -0.170. The Morgan fingerprint density at radius 1 is 1.38 bits per heavy atom. The maximum Gasteiger partial charge on any atom is 0.0622 e. The number of pyridine rings is 1. The molecule has 1 N–H and O–H groups in total. The third-order valence-electron chi connectivity index (χ3n) is 3.25. The summed E-state index contributed by atoms with van der Waals surface area (Å²) in [5.41, 5.74) is 2.42. The highest BCUT2D eigenvalue weighted by Gasteiger charge is 2.16. The second kappa shape index (κ2) is 8.46. The predicted molar refractivity (Wildman–Crippen MR) is 101 cm³/mol. The van der Waals surface area contributed by atoms with Crippen LogP contribution in [0.3, 0.4) is 0 Å². The van der Waals surface area contributed by atoms with E-state index in [1.54, 1.807) is 12.4 Å². The number of hydrogen-bond acceptors (Lipinski definition) is 2. The molecule has 2 aromatic rings. The monoisotopic (exact) mass is 478 g/mol. The van der Waals surface area contributed by atoms with Gasteiger partial charge in [0.15, 0.2) is 0 Å². The van der Waals surface area contributed by atoms with Gasteiger partial charge in [0.2, 0.25) is 0 Å². The zero-order chi connectivity index (χ0) is 15.2. The molecule has 2 rings (SSSR count). The second-order valence-corrected chi connectivity index (χ2v) is 7.33. The summed E-state index contributed by atoms with van der Waals surface area (Å²) < 4.78 is 2.36. The van der Waals surface area contributed by atoms with Crippen LogP contribution in [0.5, 0.6) is 0 Å². The largest absolute Gasteiger partial charge is 0.310 e. The van der Waals surface area contributed by atoms with Gasteiger partial charge in [-0.3, -0.25) is 4.98 Å². The minimum absolute atomic E-state index is 0.245. The standard InChI is InChI=1S/C16H17BrClIN2/c1-2-6-21-16(8-11-5-7-20-10-14(11)18)13-9-12(17)3-4-15(13)19/h3-5,7,9-10,16,21H,2,6,8H2,1H3. The molecule has 0 saturated carbocycles. The summed E-state index contributed by atoms with van der Waals surface area (Å²) in [5, 5.41) is 4.35. The van der Waals surface area contributed by atoms with Crippen molar-refractivity contribution < 1.29 is 0 Å². The number of benzene rings is 1. The molecule has 0 radical (unpaired) electrons. The number of aromatic nitrogens is 1. The first-order valence-corrected chi connectivity index (χ1v) is 9.13. The fraction of sp³-hybridized carbons (Fsp3) is 0.312. The Balaban J connectivity index is 2.30. The number of nitrogens with one attached hydrogen (secondary N) is 1. The van der Waals surface area contributed by atoms with Crippen LogP contribution in [0.2, 0.25) is 5.02 Å². The summed E-state index contributed by atoms with van der Waals surface area (Å²) in [6.07, 6.45) is 5.46. The lowest BCUT2D eigenvalue weighted by Crippen LogP contribution is -2.25. The van der Waals surface area contributed by atoms with Gasteiger partial charge in [0, 0.05) is 26.5 Å². The van der Waals surface area contributed by atoms with Crippen molar-refractivity contribution in [3.05, 3.63) is 60.9 Å². The van der Waals surface area contributed by atoms with Crippen molar-refractivity contribution in [2.45, 2.75) is 25.8 Å². The van der Waals surface area contributed by atoms with Crippen LogP contribution < -0.4 is 5.32 Å². The van der Waals surface area contributed by atoms with Crippen molar-refractivity contribution in [3.63, 3.8) is 0 Å². The van der Waals surface area contributed by atoms with Gasteiger partial charge in [0.25, 0.3) is 0 Å². The van der Waals surface area contributed by atoms with E-state index in [2.05, 4.69) is 73.9 Å². The van der Waals surface area contributed by atoms with E-state index in [9.17, 15) is 0 Å². The molecule has 0 aliphatic rings. The highest BCUT2D eigenvalue weighted by Crippen LogP contribution is 2.28. The van der Waals surface area contributed by atoms with Crippen LogP contribution in [0.1, 0.15) is 30.5 Å². The number of rotatable bonds is 6. The van der Waals surface area contributed by atoms with Gasteiger partial charge in [-0.2, -0.15) is 0 Å². The van der Waals surface area contributed by atoms with Gasteiger partial charge in [0.05, 0.1) is 5.02 Å². The van der Waals surface area contributed by atoms with Gasteiger partial charge < -0.3 is 5.32 Å². The molecule has 1 aromatic heterocycles. The van der Waals surface area contributed by atoms with Crippen LogP contribution >= 0.6 is 50.1 Å². The Morgan fingerprint density at radius 2 is 2.19 bits per heavy atom. The van der Waals surface area contributed by atoms with Crippen LogP contribution in [0.15, 0.2) is 41.1 Å². The molecule has 1 atom stereocenters. The first-order chi connectivity index (χ1) is 10.1. The van der Waals surface area contributed by atoms with E-state index in [0.717, 1.165) is 34.4 Å². The van der Waals surface area contributed by atoms with E-state index < -0.39 is 0 Å². The second-order valence-electron chi connectivity index (χ2n) is 4.84. The number of halogens is 3. The maximum atomic E-state index is 6.26. The van der Waals surface area contributed by atoms with Crippen molar-refractivity contribution >= 4 is 50.1 Å². The zero-order valence-corrected chi connectivity index (χ0v) is 16.2. The van der Waals surface area contributed by atoms with Gasteiger partial charge in [0.1, 0.15) is 0 Å². The van der Waals surface area contributed by atoms with Gasteiger partial charge in [-0.15, -0.1) is 0 Å². The van der Waals surface area contributed by atoms with E-state index in [4.69, 9.17) is 11.6 Å². The molecular weight excluding hydrogens is 462 g/mol. The maximum absolute atomic E-state index is 6.26. The van der Waals surface area contributed by atoms with Crippen molar-refractivity contribution in [1.29, 1.82) is 0 Å². The summed E-state index contributed by atoms with van der Waals surface area (Å²) in [7, 11) is 0. The molecule has 21 heavy (non-hydrogen) atoms. The van der Waals surface area contributed by atoms with E-state index >= 15 is 0 Å². The molecule has 0 aliphatic heterocycles. The summed E-state index contributed by atoms with van der Waals surface area (Å²) in [5.74, 6) is 0. The summed E-state index contributed by atoms with van der Waals surface area (Å²) in [4.78, 5) is 4.06. The Bertz CT molecular complexity index is 607. The van der Waals surface area contributed by atoms with Gasteiger partial charge in [-0.05, 0) is 77.4 Å². The molecule has 0 amide bonds. The molecule has 1 aromatic carbocycles. The minimum Gasteiger partial charge on any atom is -0.310 e. The normalized spacial score (nSPS) is 12.4. The minimum atomic E-state index is 0.245. The highest BCUT2D eigenvalue weighted by molar-refractivity contribution is 14.1. The lowest BCUT2D eigenvalue weighted by atomic mass is 9.99. The van der Waals surface area contributed by atoms with Crippen LogP contribution in [-0.2, 0) is 6.42 Å². The van der Waals surface area contributed by atoms with Crippen LogP contribution in [0.4, 0.5) is 0 Å². The van der Waals surface area contributed by atoms with Crippen molar-refractivity contribution in [3.8, 4) is 0 Å². The topological polar surface area (TPSA) is 24.9 Å². The van der Waals surface area contributed by atoms with E-state index in [1.165, 1.54) is 9.13 Å². The average molecular weight is 480 g/mol. The van der Waals surface area contributed by atoms with E-state index in [-0.39, 0.29) is 6.04 Å². The number of nitrogens with zero attached hydrogens (tertiary/aromatic N) is 1. The Morgan fingerprint density at radius 3 is 2.90 bits per heavy atom. The van der Waals surface area contributed by atoms with E-state index in [1.807, 2.05) is 6.07 Å². The van der Waals surface area contributed by atoms with Gasteiger partial charge >= 0.3 is 0 Å². The fourth-order valence-electron chi connectivity index (χ4n) is 2.18. The molecule has 0 aliphatic carbocycles. The lowest BCUT2D eigenvalue weighted by molar-refractivity contribution is 0.527. The average Bonchev–Trinajstić information content (AvgIpc) is 2.48. The third-order valence-corrected chi connectivity index (χ3v) is 5.07. The van der Waals surface area contributed by atoms with Crippen molar-refractivity contribution in [2.75, 3.05) is 6.54 Å². The molecule has 0 bridgehead atoms. The third kappa shape index (κ3) is 4.91. The number of hydrogen-bond donors (Lipinski definition) is 1. The molecule has 0 spiro atoms. The van der Waals surface area contributed by atoms with Crippen LogP contribution in [-0.4, -0.2) is 11.5 Å². The Kier molecular flexibility index (Phi) is 6.92. The summed E-state index contributed by atoms with van der Waals surface area (Å²) in [6.45, 7) is 3.16. The van der Waals surface area contributed by atoms with Gasteiger partial charge in [-0.25, -0.2) is 0 Å². The van der Waals surface area contributed by atoms with Crippen molar-refractivity contribution in [1.82, 2.24) is 10.3 Å². The smallest absolute Gasteiger partial charge is 0.0622 e. The zero-order valence-electron chi connectivity index (χ0n) is 11.7. The Labute approximate surface area is 153 Å². The van der Waals surface area contributed by atoms with E-state index in [0.29, 0.717) is 0 Å². The molecule has 1 heterocycles. The molecule has 2 nitrogen and oxygen atoms in total. The molecule has 5 heteroatoms. The lowest BCUT2D eigenvalue weighted by Gasteiger charge is -2.21. The molecule has 1 unspecified atom stereocenters. The van der Waals surface area contributed by atoms with Crippen LogP contribution in [0, 0.1) is 3.57 Å². The molecule has 0 saturated heterocycles. The molecule has 0 fully saturated rings. The predicted octanol–water partition coefficient (Wildman–Crippen LogP) is 5.39. The first-order valence-electron chi connectivity index (χ1n) is 6.88. The fourth-order valence-corrected chi connectivity index (χ4v) is 3.47. The first kappa shape index (κ1) is 17.2. The molecular formula is C16H17BrClIN2. The quantitative estimate of drug-likeness (QED) is 0.563. The molecule has 112 valence electrons. The summed E-state index contributed by atoms with van der Waals surface area (Å²) >= 11 is 12.2. The van der Waals surface area contributed by atoms with Gasteiger partial charge in [-0.1, -0.05) is 34.5 Å².